The van der Waals surface area contributed by atoms with Crippen LogP contribution in [0.1, 0.15) is 23.2 Å². The van der Waals surface area contributed by atoms with Crippen LogP contribution in [0, 0.1) is 5.82 Å². The number of piperazine rings is 1. The van der Waals surface area contributed by atoms with Crippen LogP contribution in [0.3, 0.4) is 0 Å². The number of anilines is 1. The quantitative estimate of drug-likeness (QED) is 0.716. The fraction of sp³-hybridized carbons (Fsp3) is 0.381. The van der Waals surface area contributed by atoms with Gasteiger partial charge >= 0.3 is 0 Å². The van der Waals surface area contributed by atoms with Gasteiger partial charge in [-0.2, -0.15) is 4.31 Å². The topological polar surface area (TPSA) is 60.9 Å². The highest BCUT2D eigenvalue weighted by Gasteiger charge is 2.30. The molecule has 2 aliphatic heterocycles. The largest absolute Gasteiger partial charge is 0.368 e. The maximum atomic E-state index is 13.1. The van der Waals surface area contributed by atoms with E-state index in [1.807, 2.05) is 0 Å². The molecule has 4 rings (SSSR count). The van der Waals surface area contributed by atoms with E-state index in [-0.39, 0.29) is 27.2 Å². The zero-order valence-electron chi connectivity index (χ0n) is 16.4. The first kappa shape index (κ1) is 21.1. The number of hydrogen-bond acceptors (Lipinski definition) is 4. The summed E-state index contributed by atoms with van der Waals surface area (Å²) in [6.45, 7) is 3.13. The van der Waals surface area contributed by atoms with Crippen molar-refractivity contribution in [3.05, 3.63) is 58.9 Å². The van der Waals surface area contributed by atoms with Gasteiger partial charge in [0.25, 0.3) is 5.91 Å². The van der Waals surface area contributed by atoms with Crippen LogP contribution in [-0.2, 0) is 10.0 Å². The van der Waals surface area contributed by atoms with E-state index in [4.69, 9.17) is 11.6 Å². The van der Waals surface area contributed by atoms with Crippen molar-refractivity contribution < 1.29 is 17.6 Å². The van der Waals surface area contributed by atoms with E-state index in [1.165, 1.54) is 34.6 Å². The molecular formula is C21H23ClFN3O3S. The summed E-state index contributed by atoms with van der Waals surface area (Å²) in [5.74, 6) is -0.566. The molecule has 0 radical (unpaired) electrons. The van der Waals surface area contributed by atoms with Crippen molar-refractivity contribution in [2.45, 2.75) is 17.7 Å². The van der Waals surface area contributed by atoms with Crippen molar-refractivity contribution in [2.75, 3.05) is 44.2 Å². The van der Waals surface area contributed by atoms with Gasteiger partial charge in [-0.1, -0.05) is 11.6 Å². The number of nitrogens with zero attached hydrogens (tertiary/aromatic N) is 3. The summed E-state index contributed by atoms with van der Waals surface area (Å²) >= 11 is 6.26. The van der Waals surface area contributed by atoms with Gasteiger partial charge in [-0.05, 0) is 55.3 Å². The molecule has 1 amide bonds. The van der Waals surface area contributed by atoms with E-state index in [0.29, 0.717) is 39.3 Å². The normalized spacial score (nSPS) is 18.1. The predicted molar refractivity (Wildman–Crippen MR) is 114 cm³/mol. The minimum absolute atomic E-state index is 0.0992. The van der Waals surface area contributed by atoms with Gasteiger partial charge < -0.3 is 9.80 Å². The Morgan fingerprint density at radius 3 is 2.17 bits per heavy atom. The van der Waals surface area contributed by atoms with Gasteiger partial charge in [0.1, 0.15) is 5.82 Å². The second-order valence-corrected chi connectivity index (χ2v) is 9.85. The molecule has 2 saturated heterocycles. The summed E-state index contributed by atoms with van der Waals surface area (Å²) < 4.78 is 40.3. The van der Waals surface area contributed by atoms with Crippen LogP contribution in [0.4, 0.5) is 10.1 Å². The van der Waals surface area contributed by atoms with Gasteiger partial charge in [-0.3, -0.25) is 4.79 Å². The molecule has 2 heterocycles. The van der Waals surface area contributed by atoms with E-state index in [0.717, 1.165) is 18.5 Å². The van der Waals surface area contributed by atoms with Gasteiger partial charge in [-0.15, -0.1) is 0 Å². The lowest BCUT2D eigenvalue weighted by Crippen LogP contribution is -2.48. The molecule has 2 fully saturated rings. The number of rotatable bonds is 4. The molecule has 0 bridgehead atoms. The molecule has 30 heavy (non-hydrogen) atoms. The van der Waals surface area contributed by atoms with Crippen LogP contribution in [0.25, 0.3) is 0 Å². The number of sulfonamides is 1. The zero-order chi connectivity index (χ0) is 21.3. The highest BCUT2D eigenvalue weighted by atomic mass is 35.5. The number of hydrogen-bond donors (Lipinski definition) is 0. The van der Waals surface area contributed by atoms with Crippen LogP contribution >= 0.6 is 11.6 Å². The van der Waals surface area contributed by atoms with Gasteiger partial charge in [-0.25, -0.2) is 12.8 Å². The fourth-order valence-electron chi connectivity index (χ4n) is 3.90. The van der Waals surface area contributed by atoms with Crippen LogP contribution < -0.4 is 4.90 Å². The van der Waals surface area contributed by atoms with E-state index < -0.39 is 10.0 Å². The molecule has 0 unspecified atom stereocenters. The van der Waals surface area contributed by atoms with Crippen molar-refractivity contribution in [1.82, 2.24) is 9.21 Å². The number of halogens is 2. The Balaban J connectivity index is 1.49. The van der Waals surface area contributed by atoms with Crippen molar-refractivity contribution in [3.8, 4) is 0 Å². The second kappa shape index (κ2) is 8.53. The van der Waals surface area contributed by atoms with E-state index in [2.05, 4.69) is 4.90 Å². The first-order valence-corrected chi connectivity index (χ1v) is 11.8. The Hall–Kier alpha value is -2.16. The summed E-state index contributed by atoms with van der Waals surface area (Å²) in [7, 11) is -3.63. The summed E-state index contributed by atoms with van der Waals surface area (Å²) in [5.41, 5.74) is 1.10. The highest BCUT2D eigenvalue weighted by molar-refractivity contribution is 7.89. The highest BCUT2D eigenvalue weighted by Crippen LogP contribution is 2.27. The van der Waals surface area contributed by atoms with Crippen molar-refractivity contribution in [3.63, 3.8) is 0 Å². The van der Waals surface area contributed by atoms with Crippen LogP contribution in [0.15, 0.2) is 47.4 Å². The lowest BCUT2D eigenvalue weighted by molar-refractivity contribution is 0.0746. The molecule has 6 nitrogen and oxygen atoms in total. The molecule has 0 spiro atoms. The maximum Gasteiger partial charge on any atom is 0.255 e. The second-order valence-electron chi connectivity index (χ2n) is 7.51. The predicted octanol–water partition coefficient (Wildman–Crippen LogP) is 3.23. The minimum Gasteiger partial charge on any atom is -0.368 e. The maximum absolute atomic E-state index is 13.1. The molecule has 0 aromatic heterocycles. The zero-order valence-corrected chi connectivity index (χ0v) is 18.0. The summed E-state index contributed by atoms with van der Waals surface area (Å²) in [4.78, 5) is 16.9. The van der Waals surface area contributed by atoms with Gasteiger partial charge in [0.05, 0.1) is 15.5 Å². The van der Waals surface area contributed by atoms with Crippen LogP contribution in [0.5, 0.6) is 0 Å². The molecule has 0 aliphatic carbocycles. The minimum atomic E-state index is -3.63. The molecule has 0 atom stereocenters. The first-order valence-electron chi connectivity index (χ1n) is 9.96. The third-order valence-electron chi connectivity index (χ3n) is 5.63. The monoisotopic (exact) mass is 451 g/mol. The Labute approximate surface area is 180 Å². The number of carbonyl (C=O) groups excluding carboxylic acids is 1. The van der Waals surface area contributed by atoms with Crippen molar-refractivity contribution in [2.24, 2.45) is 0 Å². The Kier molecular flexibility index (Phi) is 5.99. The van der Waals surface area contributed by atoms with Gasteiger partial charge in [0.15, 0.2) is 0 Å². The third-order valence-corrected chi connectivity index (χ3v) is 7.85. The molecule has 9 heteroatoms. The number of benzene rings is 2. The summed E-state index contributed by atoms with van der Waals surface area (Å²) in [6.07, 6.45) is 1.69. The smallest absolute Gasteiger partial charge is 0.255 e. The molecule has 2 aromatic rings. The SMILES string of the molecule is O=C(c1cc(S(=O)(=O)N2CCCC2)ccc1Cl)N1CCN(c2ccc(F)cc2)CC1. The molecule has 0 saturated carbocycles. The van der Waals surface area contributed by atoms with Gasteiger partial charge in [0, 0.05) is 45.0 Å². The van der Waals surface area contributed by atoms with Gasteiger partial charge in [0.2, 0.25) is 10.0 Å². The molecular weight excluding hydrogens is 429 g/mol. The molecule has 160 valence electrons. The fourth-order valence-corrected chi connectivity index (χ4v) is 5.64. The average Bonchev–Trinajstić information content (AvgIpc) is 3.30. The Morgan fingerprint density at radius 1 is 0.900 bits per heavy atom. The summed E-state index contributed by atoms with van der Waals surface area (Å²) in [6, 6.07) is 10.6. The first-order chi connectivity index (χ1) is 14.4. The number of amides is 1. The van der Waals surface area contributed by atoms with Crippen LogP contribution in [0.2, 0.25) is 5.02 Å². The Morgan fingerprint density at radius 2 is 1.53 bits per heavy atom. The lowest BCUT2D eigenvalue weighted by atomic mass is 10.1. The van der Waals surface area contributed by atoms with Crippen LogP contribution in [-0.4, -0.2) is 62.8 Å². The van der Waals surface area contributed by atoms with E-state index in [1.54, 1.807) is 17.0 Å². The number of carbonyl (C=O) groups is 1. The summed E-state index contributed by atoms with van der Waals surface area (Å²) in [5, 5.41) is 0.237. The standard InChI is InChI=1S/C21H23ClFN3O3S/c22-20-8-7-18(30(28,29)26-9-1-2-10-26)15-19(20)21(27)25-13-11-24(12-14-25)17-5-3-16(23)4-6-17/h3-8,15H,1-2,9-14H2. The molecule has 2 aromatic carbocycles. The van der Waals surface area contributed by atoms with Crippen molar-refractivity contribution >= 4 is 33.2 Å². The van der Waals surface area contributed by atoms with Crippen molar-refractivity contribution in [1.29, 1.82) is 0 Å². The molecule has 2 aliphatic rings. The lowest BCUT2D eigenvalue weighted by Gasteiger charge is -2.36. The van der Waals surface area contributed by atoms with E-state index in [9.17, 15) is 17.6 Å². The van der Waals surface area contributed by atoms with E-state index >= 15 is 0 Å². The Bertz CT molecular complexity index is 1030. The third kappa shape index (κ3) is 4.17. The molecule has 0 N–H and O–H groups in total. The average molecular weight is 452 g/mol.